The Hall–Kier alpha value is -2.28. The number of rotatable bonds is 9. The van der Waals surface area contributed by atoms with Gasteiger partial charge in [0, 0.05) is 24.8 Å². The molecule has 1 atom stereocenters. The SMILES string of the molecule is COc1ccc(C(=O)N(CCCO)[C@@H](C)C(=O)NC2CCCCC2)cc1OC. The lowest BCUT2D eigenvalue weighted by atomic mass is 9.95. The molecule has 0 radical (unpaired) electrons. The highest BCUT2D eigenvalue weighted by atomic mass is 16.5. The second kappa shape index (κ2) is 10.9. The molecule has 0 bridgehead atoms. The van der Waals surface area contributed by atoms with Gasteiger partial charge < -0.3 is 24.8 Å². The van der Waals surface area contributed by atoms with E-state index in [9.17, 15) is 14.7 Å². The van der Waals surface area contributed by atoms with E-state index in [1.54, 1.807) is 25.1 Å². The molecule has 0 unspecified atom stereocenters. The van der Waals surface area contributed by atoms with Crippen LogP contribution < -0.4 is 14.8 Å². The lowest BCUT2D eigenvalue weighted by Gasteiger charge is -2.31. The molecule has 2 amide bonds. The van der Waals surface area contributed by atoms with Crippen LogP contribution in [0.25, 0.3) is 0 Å². The van der Waals surface area contributed by atoms with Gasteiger partial charge in [0.05, 0.1) is 14.2 Å². The van der Waals surface area contributed by atoms with Crippen molar-refractivity contribution in [1.82, 2.24) is 10.2 Å². The topological polar surface area (TPSA) is 88.1 Å². The number of nitrogens with zero attached hydrogens (tertiary/aromatic N) is 1. The van der Waals surface area contributed by atoms with Gasteiger partial charge in [-0.2, -0.15) is 0 Å². The van der Waals surface area contributed by atoms with Crippen LogP contribution in [0.15, 0.2) is 18.2 Å². The van der Waals surface area contributed by atoms with E-state index >= 15 is 0 Å². The number of ether oxygens (including phenoxy) is 2. The zero-order valence-corrected chi connectivity index (χ0v) is 17.1. The maximum Gasteiger partial charge on any atom is 0.254 e. The van der Waals surface area contributed by atoms with Crippen LogP contribution in [0.1, 0.15) is 55.8 Å². The van der Waals surface area contributed by atoms with Gasteiger partial charge in [0.25, 0.3) is 5.91 Å². The predicted octanol–water partition coefficient (Wildman–Crippen LogP) is 2.37. The van der Waals surface area contributed by atoms with Crippen LogP contribution in [-0.2, 0) is 4.79 Å². The molecular weight excluding hydrogens is 360 g/mol. The summed E-state index contributed by atoms with van der Waals surface area (Å²) in [4.78, 5) is 27.4. The molecule has 0 spiro atoms. The number of methoxy groups -OCH3 is 2. The van der Waals surface area contributed by atoms with Crippen molar-refractivity contribution in [1.29, 1.82) is 0 Å². The van der Waals surface area contributed by atoms with Crippen molar-refractivity contribution < 1.29 is 24.2 Å². The van der Waals surface area contributed by atoms with Crippen molar-refractivity contribution in [2.45, 2.75) is 57.5 Å². The maximum atomic E-state index is 13.1. The predicted molar refractivity (Wildman–Crippen MR) is 107 cm³/mol. The highest BCUT2D eigenvalue weighted by molar-refractivity contribution is 5.98. The molecule has 1 saturated carbocycles. The van der Waals surface area contributed by atoms with Gasteiger partial charge in [0.15, 0.2) is 11.5 Å². The lowest BCUT2D eigenvalue weighted by Crippen LogP contribution is -2.51. The smallest absolute Gasteiger partial charge is 0.254 e. The fourth-order valence-corrected chi connectivity index (χ4v) is 3.56. The van der Waals surface area contributed by atoms with E-state index in [1.165, 1.54) is 25.5 Å². The van der Waals surface area contributed by atoms with Crippen LogP contribution in [0, 0.1) is 0 Å². The minimum Gasteiger partial charge on any atom is -0.493 e. The Morgan fingerprint density at radius 3 is 2.46 bits per heavy atom. The monoisotopic (exact) mass is 392 g/mol. The van der Waals surface area contributed by atoms with Crippen molar-refractivity contribution in [3.05, 3.63) is 23.8 Å². The first-order chi connectivity index (χ1) is 13.5. The number of nitrogens with one attached hydrogen (secondary N) is 1. The molecule has 0 aromatic heterocycles. The molecule has 7 heteroatoms. The normalized spacial score (nSPS) is 15.6. The molecule has 1 aromatic carbocycles. The van der Waals surface area contributed by atoms with Crippen LogP contribution in [0.3, 0.4) is 0 Å². The summed E-state index contributed by atoms with van der Waals surface area (Å²) in [5, 5.41) is 12.3. The summed E-state index contributed by atoms with van der Waals surface area (Å²) in [7, 11) is 3.04. The molecule has 7 nitrogen and oxygen atoms in total. The van der Waals surface area contributed by atoms with E-state index in [-0.39, 0.29) is 24.5 Å². The van der Waals surface area contributed by atoms with Crippen LogP contribution in [0.5, 0.6) is 11.5 Å². The number of benzene rings is 1. The Morgan fingerprint density at radius 1 is 1.18 bits per heavy atom. The Balaban J connectivity index is 2.16. The second-order valence-electron chi connectivity index (χ2n) is 7.16. The third kappa shape index (κ3) is 5.61. The van der Waals surface area contributed by atoms with Crippen molar-refractivity contribution >= 4 is 11.8 Å². The summed E-state index contributed by atoms with van der Waals surface area (Å²) < 4.78 is 10.5. The molecule has 0 saturated heterocycles. The molecule has 1 aliphatic rings. The van der Waals surface area contributed by atoms with Crippen molar-refractivity contribution in [3.8, 4) is 11.5 Å². The van der Waals surface area contributed by atoms with Gasteiger partial charge in [-0.3, -0.25) is 9.59 Å². The van der Waals surface area contributed by atoms with Gasteiger partial charge in [-0.15, -0.1) is 0 Å². The fraction of sp³-hybridized carbons (Fsp3) is 0.619. The molecule has 1 aliphatic carbocycles. The van der Waals surface area contributed by atoms with Gasteiger partial charge >= 0.3 is 0 Å². The summed E-state index contributed by atoms with van der Waals surface area (Å²) in [6.45, 7) is 1.98. The average Bonchev–Trinajstić information content (AvgIpc) is 2.73. The lowest BCUT2D eigenvalue weighted by molar-refractivity contribution is -0.126. The number of amides is 2. The Bertz CT molecular complexity index is 658. The van der Waals surface area contributed by atoms with Crippen LogP contribution in [0.4, 0.5) is 0 Å². The molecule has 2 N–H and O–H groups in total. The third-order valence-electron chi connectivity index (χ3n) is 5.25. The first kappa shape index (κ1) is 22.0. The van der Waals surface area contributed by atoms with Crippen LogP contribution in [-0.4, -0.2) is 61.3 Å². The first-order valence-corrected chi connectivity index (χ1v) is 9.96. The summed E-state index contributed by atoms with van der Waals surface area (Å²) in [6, 6.07) is 4.48. The summed E-state index contributed by atoms with van der Waals surface area (Å²) in [6.07, 6.45) is 5.83. The third-order valence-corrected chi connectivity index (χ3v) is 5.25. The van der Waals surface area contributed by atoms with E-state index in [2.05, 4.69) is 5.32 Å². The first-order valence-electron chi connectivity index (χ1n) is 9.96. The summed E-state index contributed by atoms with van der Waals surface area (Å²) in [5.41, 5.74) is 0.410. The molecule has 2 rings (SSSR count). The zero-order valence-electron chi connectivity index (χ0n) is 17.1. The number of aliphatic hydroxyl groups is 1. The highest BCUT2D eigenvalue weighted by Gasteiger charge is 2.28. The molecule has 1 fully saturated rings. The minimum absolute atomic E-state index is 0.0489. The fourth-order valence-electron chi connectivity index (χ4n) is 3.56. The van der Waals surface area contributed by atoms with Crippen LogP contribution in [0.2, 0.25) is 0 Å². The summed E-state index contributed by atoms with van der Waals surface area (Å²) in [5.74, 6) is 0.554. The Labute approximate surface area is 167 Å². The molecule has 156 valence electrons. The second-order valence-corrected chi connectivity index (χ2v) is 7.16. The Morgan fingerprint density at radius 2 is 1.86 bits per heavy atom. The molecule has 0 aliphatic heterocycles. The minimum atomic E-state index is -0.630. The largest absolute Gasteiger partial charge is 0.493 e. The van der Waals surface area contributed by atoms with E-state index in [4.69, 9.17) is 9.47 Å². The van der Waals surface area contributed by atoms with Crippen molar-refractivity contribution in [3.63, 3.8) is 0 Å². The van der Waals surface area contributed by atoms with Crippen molar-refractivity contribution in [2.24, 2.45) is 0 Å². The molecule has 0 heterocycles. The number of hydrogen-bond donors (Lipinski definition) is 2. The van der Waals surface area contributed by atoms with Gasteiger partial charge in [0.1, 0.15) is 6.04 Å². The molecule has 1 aromatic rings. The van der Waals surface area contributed by atoms with E-state index < -0.39 is 6.04 Å². The van der Waals surface area contributed by atoms with Gasteiger partial charge in [-0.25, -0.2) is 0 Å². The number of aliphatic hydroxyl groups excluding tert-OH is 1. The quantitative estimate of drug-likeness (QED) is 0.674. The summed E-state index contributed by atoms with van der Waals surface area (Å²) >= 11 is 0. The van der Waals surface area contributed by atoms with E-state index in [0.29, 0.717) is 30.0 Å². The van der Waals surface area contributed by atoms with Gasteiger partial charge in [0.2, 0.25) is 5.91 Å². The Kier molecular flexibility index (Phi) is 8.57. The van der Waals surface area contributed by atoms with E-state index in [0.717, 1.165) is 25.7 Å². The number of carbonyl (C=O) groups is 2. The van der Waals surface area contributed by atoms with E-state index in [1.807, 2.05) is 0 Å². The van der Waals surface area contributed by atoms with Crippen LogP contribution >= 0.6 is 0 Å². The molecular formula is C21H32N2O5. The number of carbonyl (C=O) groups excluding carboxylic acids is 2. The zero-order chi connectivity index (χ0) is 20.5. The van der Waals surface area contributed by atoms with Crippen molar-refractivity contribution in [2.75, 3.05) is 27.4 Å². The average molecular weight is 392 g/mol. The standard InChI is InChI=1S/C21H32N2O5/c1-15(20(25)22-17-8-5-4-6-9-17)23(12-7-13-24)21(26)16-10-11-18(27-2)19(14-16)28-3/h10-11,14-15,17,24H,4-9,12-13H2,1-3H3,(H,22,25)/t15-/m0/s1. The van der Waals surface area contributed by atoms with Gasteiger partial charge in [-0.05, 0) is 44.4 Å². The highest BCUT2D eigenvalue weighted by Crippen LogP contribution is 2.28. The maximum absolute atomic E-state index is 13.1. The number of hydrogen-bond acceptors (Lipinski definition) is 5. The molecule has 28 heavy (non-hydrogen) atoms. The van der Waals surface area contributed by atoms with Gasteiger partial charge in [-0.1, -0.05) is 19.3 Å².